The first kappa shape index (κ1) is 20.1. The van der Waals surface area contributed by atoms with Crippen LogP contribution in [0.5, 0.6) is 5.75 Å². The summed E-state index contributed by atoms with van der Waals surface area (Å²) in [5.74, 6) is 0.817. The second-order valence-electron chi connectivity index (χ2n) is 5.91. The monoisotopic (exact) mass is 371 g/mol. The second-order valence-corrected chi connectivity index (χ2v) is 7.50. The topological polar surface area (TPSA) is 79.9 Å². The average Bonchev–Trinajstić information content (AvgIpc) is 2.63. The van der Waals surface area contributed by atoms with E-state index in [2.05, 4.69) is 14.3 Å². The molecule has 1 unspecified atom stereocenters. The standard InChI is InChI=1S/C17H29N3O4S/c1-3-9-18-25(21,22)19-14-17(20-10-12-23-13-11-20)15-5-7-16(8-6-15)24-4-2/h5-8,17-19H,3-4,9-14H2,1-2H3. The van der Waals surface area contributed by atoms with Crippen LogP contribution in [0.3, 0.4) is 0 Å². The van der Waals surface area contributed by atoms with Crippen LogP contribution in [0.4, 0.5) is 0 Å². The van der Waals surface area contributed by atoms with Gasteiger partial charge in [-0.2, -0.15) is 8.42 Å². The second kappa shape index (κ2) is 10.1. The van der Waals surface area contributed by atoms with Gasteiger partial charge < -0.3 is 9.47 Å². The summed E-state index contributed by atoms with van der Waals surface area (Å²) in [6.45, 7) is 8.12. The van der Waals surface area contributed by atoms with E-state index in [1.807, 2.05) is 38.1 Å². The fourth-order valence-electron chi connectivity index (χ4n) is 2.78. The van der Waals surface area contributed by atoms with Crippen molar-refractivity contribution in [1.82, 2.24) is 14.3 Å². The number of hydrogen-bond donors (Lipinski definition) is 2. The molecule has 0 aromatic heterocycles. The lowest BCUT2D eigenvalue weighted by molar-refractivity contribution is 0.0172. The highest BCUT2D eigenvalue weighted by atomic mass is 32.2. The summed E-state index contributed by atoms with van der Waals surface area (Å²) < 4.78 is 40.3. The molecule has 25 heavy (non-hydrogen) atoms. The molecule has 0 spiro atoms. The molecule has 0 amide bonds. The molecule has 1 saturated heterocycles. The van der Waals surface area contributed by atoms with Crippen molar-refractivity contribution in [2.24, 2.45) is 0 Å². The van der Waals surface area contributed by atoms with E-state index < -0.39 is 10.2 Å². The molecule has 1 aromatic carbocycles. The first-order chi connectivity index (χ1) is 12.1. The highest BCUT2D eigenvalue weighted by Gasteiger charge is 2.24. The van der Waals surface area contributed by atoms with Gasteiger partial charge in [0, 0.05) is 32.2 Å². The van der Waals surface area contributed by atoms with Crippen LogP contribution in [0.1, 0.15) is 31.9 Å². The lowest BCUT2D eigenvalue weighted by atomic mass is 10.0. The van der Waals surface area contributed by atoms with Crippen molar-refractivity contribution in [1.29, 1.82) is 0 Å². The maximum Gasteiger partial charge on any atom is 0.276 e. The Bertz CT molecular complexity index is 601. The maximum absolute atomic E-state index is 12.1. The van der Waals surface area contributed by atoms with Gasteiger partial charge in [-0.15, -0.1) is 0 Å². The fourth-order valence-corrected chi connectivity index (χ4v) is 3.73. The molecular formula is C17H29N3O4S. The van der Waals surface area contributed by atoms with E-state index in [1.54, 1.807) is 0 Å². The Morgan fingerprint density at radius 1 is 1.16 bits per heavy atom. The summed E-state index contributed by atoms with van der Waals surface area (Å²) in [6, 6.07) is 7.81. The van der Waals surface area contributed by atoms with E-state index in [-0.39, 0.29) is 6.04 Å². The minimum absolute atomic E-state index is 0.0437. The minimum atomic E-state index is -3.48. The van der Waals surface area contributed by atoms with E-state index in [9.17, 15) is 8.42 Å². The van der Waals surface area contributed by atoms with Crippen LogP contribution in [0.15, 0.2) is 24.3 Å². The minimum Gasteiger partial charge on any atom is -0.494 e. The van der Waals surface area contributed by atoms with Crippen molar-refractivity contribution >= 4 is 10.2 Å². The van der Waals surface area contributed by atoms with Crippen molar-refractivity contribution in [3.05, 3.63) is 29.8 Å². The Hall–Kier alpha value is -1.19. The number of morpholine rings is 1. The van der Waals surface area contributed by atoms with E-state index in [0.29, 0.717) is 32.9 Å². The third kappa shape index (κ3) is 6.56. The quantitative estimate of drug-likeness (QED) is 0.648. The largest absolute Gasteiger partial charge is 0.494 e. The fraction of sp³-hybridized carbons (Fsp3) is 0.647. The van der Waals surface area contributed by atoms with Gasteiger partial charge in [-0.3, -0.25) is 4.90 Å². The molecule has 2 rings (SSSR count). The molecular weight excluding hydrogens is 342 g/mol. The van der Waals surface area contributed by atoms with Gasteiger partial charge in [0.1, 0.15) is 5.75 Å². The van der Waals surface area contributed by atoms with Gasteiger partial charge in [0.05, 0.1) is 19.8 Å². The average molecular weight is 372 g/mol. The summed E-state index contributed by atoms with van der Waals surface area (Å²) in [4.78, 5) is 2.25. The summed E-state index contributed by atoms with van der Waals surface area (Å²) >= 11 is 0. The third-order valence-corrected chi connectivity index (χ3v) is 5.20. The molecule has 0 radical (unpaired) electrons. The van der Waals surface area contributed by atoms with Crippen molar-refractivity contribution in [3.63, 3.8) is 0 Å². The number of hydrogen-bond acceptors (Lipinski definition) is 5. The molecule has 1 aromatic rings. The molecule has 2 N–H and O–H groups in total. The molecule has 0 bridgehead atoms. The Morgan fingerprint density at radius 2 is 1.84 bits per heavy atom. The van der Waals surface area contributed by atoms with E-state index in [4.69, 9.17) is 9.47 Å². The summed E-state index contributed by atoms with van der Waals surface area (Å²) in [5.41, 5.74) is 1.06. The third-order valence-electron chi connectivity index (χ3n) is 4.07. The number of ether oxygens (including phenoxy) is 2. The molecule has 142 valence electrons. The Kier molecular flexibility index (Phi) is 8.11. The Labute approximate surface area is 150 Å². The van der Waals surface area contributed by atoms with Crippen molar-refractivity contribution in [2.45, 2.75) is 26.3 Å². The number of nitrogens with one attached hydrogen (secondary N) is 2. The van der Waals surface area contributed by atoms with Gasteiger partial charge in [0.15, 0.2) is 0 Å². The smallest absolute Gasteiger partial charge is 0.276 e. The Balaban J connectivity index is 2.09. The zero-order chi connectivity index (χ0) is 18.1. The lowest BCUT2D eigenvalue weighted by Gasteiger charge is -2.35. The summed E-state index contributed by atoms with van der Waals surface area (Å²) in [7, 11) is -3.48. The highest BCUT2D eigenvalue weighted by molar-refractivity contribution is 7.87. The molecule has 1 aliphatic rings. The summed E-state index contributed by atoms with van der Waals surface area (Å²) in [6.07, 6.45) is 0.757. The molecule has 1 aliphatic heterocycles. The van der Waals surface area contributed by atoms with Gasteiger partial charge in [0.2, 0.25) is 0 Å². The maximum atomic E-state index is 12.1. The molecule has 1 fully saturated rings. The van der Waals surface area contributed by atoms with E-state index in [0.717, 1.165) is 30.8 Å². The zero-order valence-electron chi connectivity index (χ0n) is 15.0. The highest BCUT2D eigenvalue weighted by Crippen LogP contribution is 2.24. The van der Waals surface area contributed by atoms with Crippen molar-refractivity contribution < 1.29 is 17.9 Å². The van der Waals surface area contributed by atoms with Crippen LogP contribution < -0.4 is 14.2 Å². The first-order valence-corrected chi connectivity index (χ1v) is 10.3. The van der Waals surface area contributed by atoms with Gasteiger partial charge in [0.25, 0.3) is 10.2 Å². The predicted octanol–water partition coefficient (Wildman–Crippen LogP) is 1.29. The van der Waals surface area contributed by atoms with Gasteiger partial charge in [-0.1, -0.05) is 19.1 Å². The SMILES string of the molecule is CCCNS(=O)(=O)NCC(c1ccc(OCC)cc1)N1CCOCC1. The Morgan fingerprint density at radius 3 is 2.44 bits per heavy atom. The van der Waals surface area contributed by atoms with Crippen LogP contribution in [-0.2, 0) is 14.9 Å². The molecule has 0 aliphatic carbocycles. The molecule has 0 saturated carbocycles. The van der Waals surface area contributed by atoms with Crippen LogP contribution in [0, 0.1) is 0 Å². The lowest BCUT2D eigenvalue weighted by Crippen LogP contribution is -2.46. The first-order valence-electron chi connectivity index (χ1n) is 8.84. The zero-order valence-corrected chi connectivity index (χ0v) is 15.8. The van der Waals surface area contributed by atoms with Crippen LogP contribution in [-0.4, -0.2) is 59.3 Å². The molecule has 7 nitrogen and oxygen atoms in total. The molecule has 1 heterocycles. The summed E-state index contributed by atoms with van der Waals surface area (Å²) in [5, 5.41) is 0. The normalized spacial score (nSPS) is 17.4. The van der Waals surface area contributed by atoms with E-state index in [1.165, 1.54) is 0 Å². The van der Waals surface area contributed by atoms with Crippen molar-refractivity contribution in [3.8, 4) is 5.75 Å². The number of nitrogens with zero attached hydrogens (tertiary/aromatic N) is 1. The van der Waals surface area contributed by atoms with Crippen LogP contribution >= 0.6 is 0 Å². The van der Waals surface area contributed by atoms with E-state index >= 15 is 0 Å². The van der Waals surface area contributed by atoms with Gasteiger partial charge in [-0.05, 0) is 31.0 Å². The van der Waals surface area contributed by atoms with Gasteiger partial charge >= 0.3 is 0 Å². The van der Waals surface area contributed by atoms with Crippen molar-refractivity contribution in [2.75, 3.05) is 46.0 Å². The molecule has 1 atom stereocenters. The predicted molar refractivity (Wildman–Crippen MR) is 98.0 cm³/mol. The number of rotatable bonds is 10. The number of benzene rings is 1. The molecule has 8 heteroatoms. The van der Waals surface area contributed by atoms with Gasteiger partial charge in [-0.25, -0.2) is 9.44 Å². The van der Waals surface area contributed by atoms with Crippen LogP contribution in [0.2, 0.25) is 0 Å². The van der Waals surface area contributed by atoms with Crippen LogP contribution in [0.25, 0.3) is 0 Å².